The summed E-state index contributed by atoms with van der Waals surface area (Å²) in [4.78, 5) is 16.8. The Hall–Kier alpha value is -1.83. The fourth-order valence-corrected chi connectivity index (χ4v) is 3.48. The Labute approximate surface area is 138 Å². The molecule has 132 valence electrons. The summed E-state index contributed by atoms with van der Waals surface area (Å²) in [5, 5.41) is 0. The number of alkyl halides is 3. The molecule has 1 aromatic rings. The van der Waals surface area contributed by atoms with Gasteiger partial charge in [-0.15, -0.1) is 0 Å². The second-order valence-electron chi connectivity index (χ2n) is 6.35. The molecule has 24 heavy (non-hydrogen) atoms. The quantitative estimate of drug-likeness (QED) is 0.915. The lowest BCUT2D eigenvalue weighted by Crippen LogP contribution is -2.39. The number of halogens is 3. The molecule has 3 heterocycles. The Kier molecular flexibility index (Phi) is 4.67. The second kappa shape index (κ2) is 6.58. The van der Waals surface area contributed by atoms with Gasteiger partial charge in [0.2, 0.25) is 5.91 Å². The van der Waals surface area contributed by atoms with Crippen LogP contribution in [0.3, 0.4) is 0 Å². The van der Waals surface area contributed by atoms with Crippen molar-refractivity contribution in [3.05, 3.63) is 23.9 Å². The number of rotatable bonds is 3. The van der Waals surface area contributed by atoms with Crippen molar-refractivity contribution >= 4 is 11.7 Å². The highest BCUT2D eigenvalue weighted by Crippen LogP contribution is 2.34. The number of ether oxygens (including phenoxy) is 1. The topological polar surface area (TPSA) is 68.5 Å². The molecule has 3 rings (SSSR count). The molecule has 0 spiro atoms. The second-order valence-corrected chi connectivity index (χ2v) is 6.35. The maximum absolute atomic E-state index is 12.8. The van der Waals surface area contributed by atoms with Gasteiger partial charge in [0.05, 0.1) is 6.10 Å². The summed E-state index contributed by atoms with van der Waals surface area (Å²) < 4.78 is 44.0. The van der Waals surface area contributed by atoms with E-state index in [0.29, 0.717) is 31.2 Å². The molecule has 2 atom stereocenters. The van der Waals surface area contributed by atoms with Crippen LogP contribution in [-0.4, -0.2) is 36.2 Å². The molecule has 5 nitrogen and oxygen atoms in total. The third kappa shape index (κ3) is 3.63. The van der Waals surface area contributed by atoms with E-state index in [1.807, 2.05) is 4.90 Å². The molecule has 2 fully saturated rings. The number of hydrogen-bond donors (Lipinski definition) is 1. The first-order valence-corrected chi connectivity index (χ1v) is 8.08. The minimum atomic E-state index is -4.43. The van der Waals surface area contributed by atoms with Crippen molar-refractivity contribution in [1.29, 1.82) is 0 Å². The van der Waals surface area contributed by atoms with Crippen LogP contribution < -0.4 is 10.6 Å². The van der Waals surface area contributed by atoms with Crippen LogP contribution in [0.5, 0.6) is 0 Å². The fourth-order valence-electron chi connectivity index (χ4n) is 3.48. The Morgan fingerprint density at radius 2 is 1.92 bits per heavy atom. The molecule has 0 saturated carbocycles. The largest absolute Gasteiger partial charge is 0.433 e. The molecule has 0 bridgehead atoms. The van der Waals surface area contributed by atoms with Gasteiger partial charge >= 0.3 is 6.18 Å². The minimum absolute atomic E-state index is 0.0131. The molecule has 1 amide bonds. The summed E-state index contributed by atoms with van der Waals surface area (Å²) in [6, 6.07) is 3.96. The van der Waals surface area contributed by atoms with E-state index in [9.17, 15) is 18.0 Å². The van der Waals surface area contributed by atoms with Crippen LogP contribution in [-0.2, 0) is 15.7 Å². The Balaban J connectivity index is 1.59. The van der Waals surface area contributed by atoms with E-state index < -0.39 is 23.9 Å². The average molecular weight is 343 g/mol. The van der Waals surface area contributed by atoms with E-state index in [1.54, 1.807) is 6.07 Å². The summed E-state index contributed by atoms with van der Waals surface area (Å²) in [5.74, 6) is 0.227. The molecule has 0 radical (unpaired) electrons. The van der Waals surface area contributed by atoms with Gasteiger partial charge < -0.3 is 15.4 Å². The Morgan fingerprint density at radius 3 is 2.50 bits per heavy atom. The predicted octanol–water partition coefficient (Wildman–Crippen LogP) is 2.35. The van der Waals surface area contributed by atoms with E-state index in [0.717, 1.165) is 25.3 Å². The zero-order chi connectivity index (χ0) is 17.3. The van der Waals surface area contributed by atoms with Crippen molar-refractivity contribution in [2.45, 2.75) is 44.1 Å². The number of carbonyl (C=O) groups is 1. The number of hydrogen-bond acceptors (Lipinski definition) is 4. The van der Waals surface area contributed by atoms with E-state index in [1.165, 1.54) is 6.07 Å². The van der Waals surface area contributed by atoms with Gasteiger partial charge in [-0.05, 0) is 43.7 Å². The molecule has 1 aromatic heterocycles. The van der Waals surface area contributed by atoms with E-state index in [2.05, 4.69) is 4.98 Å². The van der Waals surface area contributed by atoms with Crippen LogP contribution >= 0.6 is 0 Å². The maximum Gasteiger partial charge on any atom is 0.433 e. The number of pyridine rings is 1. The SMILES string of the molecule is NC(=O)[C@H]1CC[C@@H](C2CCN(c3cccc(C(F)(F)F)n3)CC2)O1. The molecular formula is C16H20F3N3O2. The van der Waals surface area contributed by atoms with Crippen LogP contribution in [0.25, 0.3) is 0 Å². The summed E-state index contributed by atoms with van der Waals surface area (Å²) in [6.07, 6.45) is -1.87. The van der Waals surface area contributed by atoms with Crippen molar-refractivity contribution in [2.75, 3.05) is 18.0 Å². The van der Waals surface area contributed by atoms with Gasteiger partial charge in [-0.1, -0.05) is 6.07 Å². The molecule has 2 aliphatic rings. The zero-order valence-electron chi connectivity index (χ0n) is 13.1. The number of piperidine rings is 1. The smallest absolute Gasteiger partial charge is 0.367 e. The molecule has 8 heteroatoms. The minimum Gasteiger partial charge on any atom is -0.367 e. The third-order valence-electron chi connectivity index (χ3n) is 4.78. The molecule has 0 aromatic carbocycles. The number of nitrogens with zero attached hydrogens (tertiary/aromatic N) is 2. The number of nitrogens with two attached hydrogens (primary N) is 1. The number of anilines is 1. The summed E-state index contributed by atoms with van der Waals surface area (Å²) in [7, 11) is 0. The van der Waals surface area contributed by atoms with Crippen LogP contribution in [0.1, 0.15) is 31.4 Å². The summed E-state index contributed by atoms with van der Waals surface area (Å²) in [6.45, 7) is 1.25. The first kappa shape index (κ1) is 17.0. The van der Waals surface area contributed by atoms with Gasteiger partial charge in [0.15, 0.2) is 0 Å². The van der Waals surface area contributed by atoms with Gasteiger partial charge in [0.1, 0.15) is 17.6 Å². The summed E-state index contributed by atoms with van der Waals surface area (Å²) in [5.41, 5.74) is 4.39. The average Bonchev–Trinajstić information content (AvgIpc) is 3.05. The van der Waals surface area contributed by atoms with Crippen molar-refractivity contribution in [3.8, 4) is 0 Å². The van der Waals surface area contributed by atoms with Crippen molar-refractivity contribution < 1.29 is 22.7 Å². The lowest BCUT2D eigenvalue weighted by molar-refractivity contribution is -0.141. The van der Waals surface area contributed by atoms with Crippen molar-refractivity contribution in [1.82, 2.24) is 4.98 Å². The van der Waals surface area contributed by atoms with Gasteiger partial charge in [-0.3, -0.25) is 4.79 Å². The molecule has 2 saturated heterocycles. The Morgan fingerprint density at radius 1 is 1.21 bits per heavy atom. The fraction of sp³-hybridized carbons (Fsp3) is 0.625. The van der Waals surface area contributed by atoms with Crippen molar-refractivity contribution in [3.63, 3.8) is 0 Å². The van der Waals surface area contributed by atoms with Gasteiger partial charge in [0, 0.05) is 13.1 Å². The van der Waals surface area contributed by atoms with Gasteiger partial charge in [0.25, 0.3) is 0 Å². The van der Waals surface area contributed by atoms with E-state index in [-0.39, 0.29) is 6.10 Å². The predicted molar refractivity (Wildman–Crippen MR) is 81.3 cm³/mol. The molecule has 0 unspecified atom stereocenters. The normalized spacial score (nSPS) is 25.9. The number of amides is 1. The number of aromatic nitrogens is 1. The van der Waals surface area contributed by atoms with Crippen molar-refractivity contribution in [2.24, 2.45) is 11.7 Å². The standard InChI is InChI=1S/C16H20F3N3O2/c17-16(18,19)13-2-1-3-14(21-13)22-8-6-10(7-9-22)11-4-5-12(24-11)15(20)23/h1-3,10-12H,4-9H2,(H2,20,23)/t11-,12+/m0/s1. The monoisotopic (exact) mass is 343 g/mol. The number of carbonyl (C=O) groups excluding carboxylic acids is 1. The molecule has 2 N–H and O–H groups in total. The highest BCUT2D eigenvalue weighted by atomic mass is 19.4. The maximum atomic E-state index is 12.8. The van der Waals surface area contributed by atoms with E-state index in [4.69, 9.17) is 10.5 Å². The van der Waals surface area contributed by atoms with Gasteiger partial charge in [-0.25, -0.2) is 4.98 Å². The number of primary amides is 1. The Bertz CT molecular complexity index is 600. The molecule has 2 aliphatic heterocycles. The first-order valence-electron chi connectivity index (χ1n) is 8.08. The lowest BCUT2D eigenvalue weighted by atomic mass is 9.89. The molecular weight excluding hydrogens is 323 g/mol. The van der Waals surface area contributed by atoms with Crippen LogP contribution in [0, 0.1) is 5.92 Å². The summed E-state index contributed by atoms with van der Waals surface area (Å²) >= 11 is 0. The van der Waals surface area contributed by atoms with Gasteiger partial charge in [-0.2, -0.15) is 13.2 Å². The first-order chi connectivity index (χ1) is 11.3. The lowest BCUT2D eigenvalue weighted by Gasteiger charge is -2.35. The van der Waals surface area contributed by atoms with Crippen LogP contribution in [0.4, 0.5) is 19.0 Å². The molecule has 0 aliphatic carbocycles. The van der Waals surface area contributed by atoms with Crippen LogP contribution in [0.2, 0.25) is 0 Å². The third-order valence-corrected chi connectivity index (χ3v) is 4.78. The zero-order valence-corrected chi connectivity index (χ0v) is 13.1. The van der Waals surface area contributed by atoms with E-state index >= 15 is 0 Å². The highest BCUT2D eigenvalue weighted by molar-refractivity contribution is 5.79. The van der Waals surface area contributed by atoms with Crippen LogP contribution in [0.15, 0.2) is 18.2 Å². The highest BCUT2D eigenvalue weighted by Gasteiger charge is 2.36.